The van der Waals surface area contributed by atoms with Gasteiger partial charge in [0, 0.05) is 4.47 Å². The molecule has 17 heavy (non-hydrogen) atoms. The van der Waals surface area contributed by atoms with E-state index in [4.69, 9.17) is 10.5 Å². The van der Waals surface area contributed by atoms with Gasteiger partial charge in [0.1, 0.15) is 12.4 Å². The molecule has 0 bridgehead atoms. The van der Waals surface area contributed by atoms with Crippen molar-refractivity contribution in [3.8, 4) is 5.75 Å². The monoisotopic (exact) mass is 291 g/mol. The van der Waals surface area contributed by atoms with Crippen LogP contribution in [0.4, 0.5) is 0 Å². The van der Waals surface area contributed by atoms with Crippen LogP contribution in [0, 0.1) is 0 Å². The van der Waals surface area contributed by atoms with Crippen LogP contribution in [0.3, 0.4) is 0 Å². The second kappa shape index (κ2) is 5.84. The molecular weight excluding hydrogens is 278 g/mol. The molecule has 0 radical (unpaired) electrons. The smallest absolute Gasteiger partial charge is 0.120 e. The Morgan fingerprint density at radius 1 is 1.06 bits per heavy atom. The summed E-state index contributed by atoms with van der Waals surface area (Å²) in [4.78, 5) is 0. The third-order valence-corrected chi connectivity index (χ3v) is 2.95. The molecule has 88 valence electrons. The summed E-state index contributed by atoms with van der Waals surface area (Å²) < 4.78 is 6.65. The maximum absolute atomic E-state index is 6.04. The Morgan fingerprint density at radius 3 is 2.53 bits per heavy atom. The fraction of sp³-hybridized carbons (Fsp3) is 0.143. The molecule has 1 atom stereocenters. The molecule has 2 rings (SSSR count). The van der Waals surface area contributed by atoms with Crippen LogP contribution in [0.5, 0.6) is 5.75 Å². The van der Waals surface area contributed by atoms with Crippen molar-refractivity contribution >= 4 is 15.9 Å². The quantitative estimate of drug-likeness (QED) is 0.935. The number of rotatable bonds is 4. The molecule has 2 aromatic carbocycles. The maximum Gasteiger partial charge on any atom is 0.120 e. The second-order valence-corrected chi connectivity index (χ2v) is 4.70. The molecule has 0 saturated carbocycles. The first kappa shape index (κ1) is 12.1. The first-order valence-electron chi connectivity index (χ1n) is 5.44. The molecular formula is C14H14BrNO. The molecule has 0 fully saturated rings. The van der Waals surface area contributed by atoms with Gasteiger partial charge in [-0.05, 0) is 23.8 Å². The highest BCUT2D eigenvalue weighted by molar-refractivity contribution is 9.10. The molecule has 2 N–H and O–H groups in total. The average molecular weight is 292 g/mol. The van der Waals surface area contributed by atoms with Gasteiger partial charge in [0.15, 0.2) is 0 Å². The van der Waals surface area contributed by atoms with Crippen molar-refractivity contribution < 1.29 is 4.74 Å². The van der Waals surface area contributed by atoms with Gasteiger partial charge in [-0.1, -0.05) is 52.3 Å². The fourth-order valence-corrected chi connectivity index (χ4v) is 1.92. The van der Waals surface area contributed by atoms with Gasteiger partial charge in [-0.15, -0.1) is 0 Å². The fourth-order valence-electron chi connectivity index (χ4n) is 1.54. The molecule has 2 nitrogen and oxygen atoms in total. The van der Waals surface area contributed by atoms with Crippen molar-refractivity contribution in [2.75, 3.05) is 6.61 Å². The number of nitrogens with two attached hydrogens (primary N) is 1. The van der Waals surface area contributed by atoms with E-state index in [0.717, 1.165) is 15.8 Å². The van der Waals surface area contributed by atoms with E-state index in [1.807, 2.05) is 54.6 Å². The van der Waals surface area contributed by atoms with Crippen molar-refractivity contribution in [1.82, 2.24) is 0 Å². The summed E-state index contributed by atoms with van der Waals surface area (Å²) in [6.07, 6.45) is 0. The Labute approximate surface area is 110 Å². The Bertz CT molecular complexity index is 473. The lowest BCUT2D eigenvalue weighted by molar-refractivity contribution is 0.290. The average Bonchev–Trinajstić information content (AvgIpc) is 2.37. The van der Waals surface area contributed by atoms with Crippen molar-refractivity contribution in [3.05, 3.63) is 64.6 Å². The molecule has 0 aliphatic heterocycles. The summed E-state index contributed by atoms with van der Waals surface area (Å²) in [7, 11) is 0. The van der Waals surface area contributed by atoms with Crippen LogP contribution in [0.25, 0.3) is 0 Å². The Balaban J connectivity index is 1.95. The summed E-state index contributed by atoms with van der Waals surface area (Å²) >= 11 is 3.40. The van der Waals surface area contributed by atoms with Gasteiger partial charge >= 0.3 is 0 Å². The minimum Gasteiger partial charge on any atom is -0.492 e. The van der Waals surface area contributed by atoms with E-state index in [1.165, 1.54) is 0 Å². The molecule has 3 heteroatoms. The second-order valence-electron chi connectivity index (χ2n) is 3.79. The van der Waals surface area contributed by atoms with Crippen LogP contribution in [0.2, 0.25) is 0 Å². The predicted molar refractivity (Wildman–Crippen MR) is 73.0 cm³/mol. The maximum atomic E-state index is 6.04. The van der Waals surface area contributed by atoms with E-state index in [-0.39, 0.29) is 6.04 Å². The molecule has 0 saturated heterocycles. The van der Waals surface area contributed by atoms with E-state index in [9.17, 15) is 0 Å². The van der Waals surface area contributed by atoms with Gasteiger partial charge in [-0.25, -0.2) is 0 Å². The van der Waals surface area contributed by atoms with Crippen molar-refractivity contribution in [2.45, 2.75) is 6.04 Å². The summed E-state index contributed by atoms with van der Waals surface area (Å²) in [5.74, 6) is 0.825. The van der Waals surface area contributed by atoms with E-state index in [0.29, 0.717) is 6.61 Å². The van der Waals surface area contributed by atoms with Crippen molar-refractivity contribution in [1.29, 1.82) is 0 Å². The normalized spacial score (nSPS) is 12.1. The zero-order chi connectivity index (χ0) is 12.1. The highest BCUT2D eigenvalue weighted by atomic mass is 79.9. The minimum atomic E-state index is -0.102. The lowest BCUT2D eigenvalue weighted by Crippen LogP contribution is -2.18. The van der Waals surface area contributed by atoms with Gasteiger partial charge in [0.05, 0.1) is 6.04 Å². The Kier molecular flexibility index (Phi) is 4.18. The van der Waals surface area contributed by atoms with Crippen molar-refractivity contribution in [3.63, 3.8) is 0 Å². The van der Waals surface area contributed by atoms with Crippen LogP contribution in [0.1, 0.15) is 11.6 Å². The molecule has 0 aliphatic carbocycles. The lowest BCUT2D eigenvalue weighted by atomic mass is 10.1. The Hall–Kier alpha value is -1.32. The molecule has 0 heterocycles. The van der Waals surface area contributed by atoms with E-state index in [2.05, 4.69) is 15.9 Å². The summed E-state index contributed by atoms with van der Waals surface area (Å²) in [6.45, 7) is 0.473. The number of benzene rings is 2. The topological polar surface area (TPSA) is 35.2 Å². The molecule has 1 unspecified atom stereocenters. The molecule has 2 aromatic rings. The number of halogens is 1. The standard InChI is InChI=1S/C14H14BrNO/c15-12-7-4-8-13(9-12)17-10-14(16)11-5-2-1-3-6-11/h1-9,14H,10,16H2. The van der Waals surface area contributed by atoms with E-state index >= 15 is 0 Å². The van der Waals surface area contributed by atoms with E-state index < -0.39 is 0 Å². The predicted octanol–water partition coefficient (Wildman–Crippen LogP) is 3.53. The highest BCUT2D eigenvalue weighted by Gasteiger charge is 2.06. The van der Waals surface area contributed by atoms with Gasteiger partial charge in [-0.3, -0.25) is 0 Å². The van der Waals surface area contributed by atoms with E-state index in [1.54, 1.807) is 0 Å². The van der Waals surface area contributed by atoms with Gasteiger partial charge in [-0.2, -0.15) is 0 Å². The zero-order valence-electron chi connectivity index (χ0n) is 9.34. The number of hydrogen-bond acceptors (Lipinski definition) is 2. The number of hydrogen-bond donors (Lipinski definition) is 1. The summed E-state index contributed by atoms with van der Waals surface area (Å²) in [5, 5.41) is 0. The van der Waals surface area contributed by atoms with Crippen LogP contribution in [-0.4, -0.2) is 6.61 Å². The van der Waals surface area contributed by atoms with Crippen LogP contribution >= 0.6 is 15.9 Å². The molecule has 0 aromatic heterocycles. The molecule has 0 amide bonds. The van der Waals surface area contributed by atoms with Crippen LogP contribution in [-0.2, 0) is 0 Å². The molecule has 0 aliphatic rings. The summed E-state index contributed by atoms with van der Waals surface area (Å²) in [6, 6.07) is 17.6. The third-order valence-electron chi connectivity index (χ3n) is 2.45. The molecule has 0 spiro atoms. The first-order chi connectivity index (χ1) is 8.25. The van der Waals surface area contributed by atoms with Crippen LogP contribution < -0.4 is 10.5 Å². The van der Waals surface area contributed by atoms with Gasteiger partial charge in [0.25, 0.3) is 0 Å². The highest BCUT2D eigenvalue weighted by Crippen LogP contribution is 2.19. The Morgan fingerprint density at radius 2 is 1.82 bits per heavy atom. The zero-order valence-corrected chi connectivity index (χ0v) is 10.9. The minimum absolute atomic E-state index is 0.102. The van der Waals surface area contributed by atoms with Gasteiger partial charge in [0.2, 0.25) is 0 Å². The van der Waals surface area contributed by atoms with Crippen LogP contribution in [0.15, 0.2) is 59.1 Å². The third kappa shape index (κ3) is 3.58. The number of ether oxygens (including phenoxy) is 1. The lowest BCUT2D eigenvalue weighted by Gasteiger charge is -2.13. The SMILES string of the molecule is NC(COc1cccc(Br)c1)c1ccccc1. The van der Waals surface area contributed by atoms with Crippen molar-refractivity contribution in [2.24, 2.45) is 5.73 Å². The largest absolute Gasteiger partial charge is 0.492 e. The van der Waals surface area contributed by atoms with Gasteiger partial charge < -0.3 is 10.5 Å². The summed E-state index contributed by atoms with van der Waals surface area (Å²) in [5.41, 5.74) is 7.13. The first-order valence-corrected chi connectivity index (χ1v) is 6.24.